The quantitative estimate of drug-likeness (QED) is 0.520. The lowest BCUT2D eigenvalue weighted by atomic mass is 9.43. The van der Waals surface area contributed by atoms with Crippen LogP contribution in [0.25, 0.3) is 0 Å². The maximum atomic E-state index is 11.6. The summed E-state index contributed by atoms with van der Waals surface area (Å²) in [6.07, 6.45) is 6.43. The molecule has 0 saturated heterocycles. The highest BCUT2D eigenvalue weighted by Gasteiger charge is 2.65. The van der Waals surface area contributed by atoms with Gasteiger partial charge in [-0.05, 0) is 104 Å². The monoisotopic (exact) mass is 436 g/mol. The molecule has 0 aromatic carbocycles. The second-order valence-electron chi connectivity index (χ2n) is 12.2. The van der Waals surface area contributed by atoms with Crippen molar-refractivity contribution >= 4 is 5.97 Å². The van der Waals surface area contributed by atoms with Gasteiger partial charge in [-0.15, -0.1) is 0 Å². The SMILES string of the molecule is CC[C@H](C[C@@H](C)[C@H]1CC[C@H]2[C@@H]3[C@H](O)C[C@@H]4C[C@H](O)CC[C@]4(C)[C@H]3C[C@H](O)[C@]12C)C(=O)O. The third kappa shape index (κ3) is 3.58. The smallest absolute Gasteiger partial charge is 0.306 e. The van der Waals surface area contributed by atoms with Gasteiger partial charge in [-0.3, -0.25) is 4.79 Å². The zero-order chi connectivity index (χ0) is 22.7. The highest BCUT2D eigenvalue weighted by atomic mass is 16.4. The van der Waals surface area contributed by atoms with Gasteiger partial charge in [0.25, 0.3) is 0 Å². The van der Waals surface area contributed by atoms with Crippen LogP contribution in [0, 0.1) is 52.3 Å². The molecule has 0 aromatic heterocycles. The van der Waals surface area contributed by atoms with Crippen molar-refractivity contribution in [3.63, 3.8) is 0 Å². The molecule has 12 atom stereocenters. The Labute approximate surface area is 187 Å². The molecular formula is C26H44O5. The van der Waals surface area contributed by atoms with Gasteiger partial charge in [0.2, 0.25) is 0 Å². The molecule has 0 unspecified atom stereocenters. The van der Waals surface area contributed by atoms with Crippen molar-refractivity contribution in [2.45, 2.75) is 104 Å². The second kappa shape index (κ2) is 8.29. The Balaban J connectivity index is 1.60. The number of hydrogen-bond acceptors (Lipinski definition) is 4. The van der Waals surface area contributed by atoms with E-state index in [1.807, 2.05) is 6.92 Å². The van der Waals surface area contributed by atoms with Gasteiger partial charge in [-0.25, -0.2) is 0 Å². The van der Waals surface area contributed by atoms with E-state index in [1.54, 1.807) is 0 Å². The Morgan fingerprint density at radius 2 is 1.74 bits per heavy atom. The van der Waals surface area contributed by atoms with E-state index in [9.17, 15) is 25.2 Å². The molecule has 4 aliphatic rings. The molecule has 5 heteroatoms. The molecule has 5 nitrogen and oxygen atoms in total. The fraction of sp³-hybridized carbons (Fsp3) is 0.962. The van der Waals surface area contributed by atoms with Crippen LogP contribution in [0.15, 0.2) is 0 Å². The number of aliphatic carboxylic acids is 1. The molecule has 4 rings (SSSR count). The lowest BCUT2D eigenvalue weighted by molar-refractivity contribution is -0.207. The minimum absolute atomic E-state index is 0.0890. The van der Waals surface area contributed by atoms with Crippen LogP contribution in [-0.2, 0) is 4.79 Å². The second-order valence-corrected chi connectivity index (χ2v) is 12.2. The summed E-state index contributed by atoms with van der Waals surface area (Å²) in [5.41, 5.74) is -0.165. The van der Waals surface area contributed by atoms with E-state index < -0.39 is 12.1 Å². The van der Waals surface area contributed by atoms with Crippen LogP contribution in [0.5, 0.6) is 0 Å². The molecule has 0 radical (unpaired) electrons. The van der Waals surface area contributed by atoms with Crippen molar-refractivity contribution < 1.29 is 25.2 Å². The minimum atomic E-state index is -0.709. The maximum Gasteiger partial charge on any atom is 0.306 e. The molecule has 4 N–H and O–H groups in total. The predicted octanol–water partition coefficient (Wildman–Crippen LogP) is 4.08. The summed E-state index contributed by atoms with van der Waals surface area (Å²) in [4.78, 5) is 11.6. The number of carbonyl (C=O) groups is 1. The Kier molecular flexibility index (Phi) is 6.28. The molecule has 4 aliphatic carbocycles. The number of rotatable bonds is 5. The first-order valence-electron chi connectivity index (χ1n) is 12.8. The highest BCUT2D eigenvalue weighted by Crippen LogP contribution is 2.68. The Morgan fingerprint density at radius 3 is 2.39 bits per heavy atom. The third-order valence-corrected chi connectivity index (χ3v) is 11.0. The number of fused-ring (bicyclic) bond motifs is 5. The molecule has 0 aromatic rings. The average Bonchev–Trinajstić information content (AvgIpc) is 3.06. The molecule has 0 aliphatic heterocycles. The van der Waals surface area contributed by atoms with Gasteiger partial charge >= 0.3 is 5.97 Å². The van der Waals surface area contributed by atoms with Crippen molar-refractivity contribution in [1.29, 1.82) is 0 Å². The average molecular weight is 437 g/mol. The minimum Gasteiger partial charge on any atom is -0.481 e. The van der Waals surface area contributed by atoms with Gasteiger partial charge in [0.05, 0.1) is 24.2 Å². The summed E-state index contributed by atoms with van der Waals surface area (Å²) in [6.45, 7) is 8.72. The van der Waals surface area contributed by atoms with E-state index in [0.717, 1.165) is 44.9 Å². The third-order valence-electron chi connectivity index (χ3n) is 11.0. The number of aliphatic hydroxyl groups is 3. The fourth-order valence-corrected chi connectivity index (χ4v) is 9.19. The van der Waals surface area contributed by atoms with Crippen LogP contribution in [0.3, 0.4) is 0 Å². The van der Waals surface area contributed by atoms with Crippen LogP contribution in [-0.4, -0.2) is 44.7 Å². The van der Waals surface area contributed by atoms with Gasteiger partial charge in [-0.1, -0.05) is 27.7 Å². The summed E-state index contributed by atoms with van der Waals surface area (Å²) in [5, 5.41) is 42.7. The van der Waals surface area contributed by atoms with Gasteiger partial charge < -0.3 is 20.4 Å². The molecule has 0 spiro atoms. The summed E-state index contributed by atoms with van der Waals surface area (Å²) in [5.74, 6) is 0.657. The largest absolute Gasteiger partial charge is 0.481 e. The number of carboxylic acid groups (broad SMARTS) is 1. The first kappa shape index (κ1) is 23.5. The zero-order valence-electron chi connectivity index (χ0n) is 19.8. The molecule has 31 heavy (non-hydrogen) atoms. The Bertz CT molecular complexity index is 681. The number of aliphatic hydroxyl groups excluding tert-OH is 3. The first-order chi connectivity index (χ1) is 14.5. The maximum absolute atomic E-state index is 11.6. The van der Waals surface area contributed by atoms with Crippen LogP contribution in [0.2, 0.25) is 0 Å². The molecule has 0 heterocycles. The Morgan fingerprint density at radius 1 is 1.03 bits per heavy atom. The van der Waals surface area contributed by atoms with Crippen LogP contribution in [0.4, 0.5) is 0 Å². The van der Waals surface area contributed by atoms with Crippen LogP contribution >= 0.6 is 0 Å². The lowest BCUT2D eigenvalue weighted by Gasteiger charge is -2.63. The van der Waals surface area contributed by atoms with E-state index >= 15 is 0 Å². The van der Waals surface area contributed by atoms with E-state index in [1.165, 1.54) is 0 Å². The molecule has 4 fully saturated rings. The van der Waals surface area contributed by atoms with Crippen molar-refractivity contribution in [3.05, 3.63) is 0 Å². The lowest BCUT2D eigenvalue weighted by Crippen LogP contribution is -2.62. The molecule has 4 saturated carbocycles. The normalized spacial score (nSPS) is 51.3. The van der Waals surface area contributed by atoms with Gasteiger partial charge in [0.15, 0.2) is 0 Å². The van der Waals surface area contributed by atoms with Crippen molar-refractivity contribution in [1.82, 2.24) is 0 Å². The molecular weight excluding hydrogens is 392 g/mol. The summed E-state index contributed by atoms with van der Waals surface area (Å²) >= 11 is 0. The molecule has 0 amide bonds. The van der Waals surface area contributed by atoms with E-state index in [2.05, 4.69) is 20.8 Å². The predicted molar refractivity (Wildman–Crippen MR) is 119 cm³/mol. The van der Waals surface area contributed by atoms with Crippen molar-refractivity contribution in [2.75, 3.05) is 0 Å². The standard InChI is InChI=1S/C26H44O5/c1-5-15(24(30)31)10-14(2)18-6-7-19-23-20(13-22(29)26(18,19)4)25(3)9-8-17(27)11-16(25)12-21(23)28/h14-23,27-29H,5-13H2,1-4H3,(H,30,31)/t14-,15-,16+,17-,18-,19+,20+,21-,22+,23+,25+,26-/m1/s1. The topological polar surface area (TPSA) is 98.0 Å². The number of hydrogen-bond donors (Lipinski definition) is 4. The van der Waals surface area contributed by atoms with Gasteiger partial charge in [-0.2, -0.15) is 0 Å². The molecule has 178 valence electrons. The van der Waals surface area contributed by atoms with Gasteiger partial charge in [0, 0.05) is 0 Å². The van der Waals surface area contributed by atoms with Crippen LogP contribution < -0.4 is 0 Å². The summed E-state index contributed by atoms with van der Waals surface area (Å²) in [7, 11) is 0. The van der Waals surface area contributed by atoms with Crippen molar-refractivity contribution in [2.24, 2.45) is 52.3 Å². The summed E-state index contributed by atoms with van der Waals surface area (Å²) in [6, 6.07) is 0. The molecule has 0 bridgehead atoms. The van der Waals surface area contributed by atoms with E-state index in [0.29, 0.717) is 36.5 Å². The fourth-order valence-electron chi connectivity index (χ4n) is 9.19. The Hall–Kier alpha value is -0.650. The first-order valence-corrected chi connectivity index (χ1v) is 12.8. The van der Waals surface area contributed by atoms with Gasteiger partial charge in [0.1, 0.15) is 0 Å². The van der Waals surface area contributed by atoms with Crippen LogP contribution in [0.1, 0.15) is 85.5 Å². The summed E-state index contributed by atoms with van der Waals surface area (Å²) < 4.78 is 0. The number of carboxylic acids is 1. The zero-order valence-corrected chi connectivity index (χ0v) is 19.8. The van der Waals surface area contributed by atoms with E-state index in [-0.39, 0.29) is 40.8 Å². The van der Waals surface area contributed by atoms with E-state index in [4.69, 9.17) is 0 Å². The highest BCUT2D eigenvalue weighted by molar-refractivity contribution is 5.69. The van der Waals surface area contributed by atoms with Crippen molar-refractivity contribution in [3.8, 4) is 0 Å².